The smallest absolute Gasteiger partial charge is 0.261 e. The van der Waals surface area contributed by atoms with E-state index in [0.717, 1.165) is 11.1 Å². The first-order valence-electron chi connectivity index (χ1n) is 10.6. The van der Waals surface area contributed by atoms with Gasteiger partial charge in [0, 0.05) is 13.0 Å². The highest BCUT2D eigenvalue weighted by Gasteiger charge is 2.34. The lowest BCUT2D eigenvalue weighted by atomic mass is 10.1. The first-order chi connectivity index (χ1) is 15.5. The van der Waals surface area contributed by atoms with Gasteiger partial charge in [-0.3, -0.25) is 19.3 Å². The van der Waals surface area contributed by atoms with Crippen LogP contribution in [0.15, 0.2) is 72.8 Å². The average Bonchev–Trinajstić information content (AvgIpc) is 3.05. The maximum atomic E-state index is 12.5. The number of hydrogen-bond acceptors (Lipinski definition) is 4. The number of benzene rings is 3. The quantitative estimate of drug-likeness (QED) is 0.533. The zero-order chi connectivity index (χ0) is 22.5. The Morgan fingerprint density at radius 3 is 2.25 bits per heavy atom. The Kier molecular flexibility index (Phi) is 6.31. The first-order valence-corrected chi connectivity index (χ1v) is 10.6. The van der Waals surface area contributed by atoms with Crippen molar-refractivity contribution in [3.8, 4) is 5.75 Å². The molecule has 3 aromatic carbocycles. The molecule has 0 spiro atoms. The molecule has 0 radical (unpaired) electrons. The molecule has 1 N–H and O–H groups in total. The van der Waals surface area contributed by atoms with E-state index in [2.05, 4.69) is 5.32 Å². The highest BCUT2D eigenvalue weighted by atomic mass is 16.5. The fraction of sp³-hybridized carbons (Fsp3) is 0.192. The summed E-state index contributed by atoms with van der Waals surface area (Å²) in [5.41, 5.74) is 3.49. The molecule has 6 heteroatoms. The van der Waals surface area contributed by atoms with Crippen molar-refractivity contribution in [1.82, 2.24) is 4.90 Å². The number of carbonyl (C=O) groups excluding carboxylic acids is 3. The fourth-order valence-electron chi connectivity index (χ4n) is 3.64. The van der Waals surface area contributed by atoms with E-state index in [1.807, 2.05) is 55.5 Å². The number of anilines is 1. The van der Waals surface area contributed by atoms with Crippen LogP contribution in [0.25, 0.3) is 0 Å². The Morgan fingerprint density at radius 2 is 1.56 bits per heavy atom. The SMILES string of the molecule is Cc1ccc(NC(=O)CCCN2C(=O)c3ccccc3C2=O)c(OCc2ccccc2)c1. The highest BCUT2D eigenvalue weighted by molar-refractivity contribution is 6.21. The summed E-state index contributed by atoms with van der Waals surface area (Å²) in [6.07, 6.45) is 0.558. The third-order valence-electron chi connectivity index (χ3n) is 5.31. The molecule has 0 bridgehead atoms. The molecule has 162 valence electrons. The van der Waals surface area contributed by atoms with E-state index < -0.39 is 0 Å². The number of ether oxygens (including phenoxy) is 1. The Morgan fingerprint density at radius 1 is 0.906 bits per heavy atom. The van der Waals surface area contributed by atoms with Crippen LogP contribution in [0.2, 0.25) is 0 Å². The second kappa shape index (κ2) is 9.47. The van der Waals surface area contributed by atoms with Gasteiger partial charge in [-0.05, 0) is 48.7 Å². The Bertz CT molecular complexity index is 1120. The van der Waals surface area contributed by atoms with E-state index in [1.54, 1.807) is 24.3 Å². The highest BCUT2D eigenvalue weighted by Crippen LogP contribution is 2.27. The summed E-state index contributed by atoms with van der Waals surface area (Å²) in [5.74, 6) is -0.208. The van der Waals surface area contributed by atoms with Gasteiger partial charge >= 0.3 is 0 Å². The van der Waals surface area contributed by atoms with E-state index in [-0.39, 0.29) is 30.7 Å². The number of nitrogens with one attached hydrogen (secondary N) is 1. The van der Waals surface area contributed by atoms with Gasteiger partial charge in [0.05, 0.1) is 16.8 Å². The predicted molar refractivity (Wildman–Crippen MR) is 122 cm³/mol. The first kappa shape index (κ1) is 21.3. The molecule has 1 heterocycles. The number of carbonyl (C=O) groups is 3. The molecular weight excluding hydrogens is 404 g/mol. The van der Waals surface area contributed by atoms with Crippen molar-refractivity contribution in [2.24, 2.45) is 0 Å². The molecule has 3 amide bonds. The van der Waals surface area contributed by atoms with E-state index in [0.29, 0.717) is 35.6 Å². The lowest BCUT2D eigenvalue weighted by Crippen LogP contribution is -2.31. The molecule has 32 heavy (non-hydrogen) atoms. The summed E-state index contributed by atoms with van der Waals surface area (Å²) in [7, 11) is 0. The fourth-order valence-corrected chi connectivity index (χ4v) is 3.64. The number of amides is 3. The van der Waals surface area contributed by atoms with Gasteiger partial charge in [-0.25, -0.2) is 0 Å². The molecule has 0 saturated carbocycles. The van der Waals surface area contributed by atoms with Crippen molar-refractivity contribution in [3.63, 3.8) is 0 Å². The Balaban J connectivity index is 1.33. The molecule has 0 saturated heterocycles. The summed E-state index contributed by atoms with van der Waals surface area (Å²) in [4.78, 5) is 38.6. The van der Waals surface area contributed by atoms with Crippen molar-refractivity contribution in [3.05, 3.63) is 95.1 Å². The van der Waals surface area contributed by atoms with Crippen LogP contribution in [-0.4, -0.2) is 29.2 Å². The predicted octanol–water partition coefficient (Wildman–Crippen LogP) is 4.59. The van der Waals surface area contributed by atoms with Crippen LogP contribution in [0.3, 0.4) is 0 Å². The number of aryl methyl sites for hydroxylation is 1. The Hall–Kier alpha value is -3.93. The minimum atomic E-state index is -0.304. The summed E-state index contributed by atoms with van der Waals surface area (Å²) >= 11 is 0. The Labute approximate surface area is 186 Å². The number of rotatable bonds is 8. The van der Waals surface area contributed by atoms with Crippen molar-refractivity contribution in [2.75, 3.05) is 11.9 Å². The van der Waals surface area contributed by atoms with Crippen molar-refractivity contribution >= 4 is 23.4 Å². The third kappa shape index (κ3) is 4.70. The van der Waals surface area contributed by atoms with E-state index in [1.165, 1.54) is 4.90 Å². The van der Waals surface area contributed by atoms with Gasteiger partial charge in [0.2, 0.25) is 5.91 Å². The summed E-state index contributed by atoms with van der Waals surface area (Å²) in [5, 5.41) is 2.89. The van der Waals surface area contributed by atoms with Gasteiger partial charge in [-0.2, -0.15) is 0 Å². The van der Waals surface area contributed by atoms with Gasteiger partial charge in [-0.15, -0.1) is 0 Å². The van der Waals surface area contributed by atoms with E-state index >= 15 is 0 Å². The van der Waals surface area contributed by atoms with Crippen LogP contribution >= 0.6 is 0 Å². The molecule has 4 rings (SSSR count). The maximum Gasteiger partial charge on any atom is 0.261 e. The molecule has 0 atom stereocenters. The molecule has 1 aliphatic heterocycles. The van der Waals surface area contributed by atoms with Crippen LogP contribution in [0, 0.1) is 6.92 Å². The number of hydrogen-bond donors (Lipinski definition) is 1. The van der Waals surface area contributed by atoms with E-state index in [4.69, 9.17) is 4.74 Å². The molecule has 0 aliphatic carbocycles. The van der Waals surface area contributed by atoms with Crippen molar-refractivity contribution in [2.45, 2.75) is 26.4 Å². The minimum Gasteiger partial charge on any atom is -0.487 e. The van der Waals surface area contributed by atoms with Gasteiger partial charge in [0.1, 0.15) is 12.4 Å². The normalized spacial score (nSPS) is 12.6. The molecule has 3 aromatic rings. The zero-order valence-electron chi connectivity index (χ0n) is 17.8. The van der Waals surface area contributed by atoms with Crippen molar-refractivity contribution < 1.29 is 19.1 Å². The number of imide groups is 1. The molecule has 0 fully saturated rings. The maximum absolute atomic E-state index is 12.5. The van der Waals surface area contributed by atoms with Crippen molar-refractivity contribution in [1.29, 1.82) is 0 Å². The average molecular weight is 428 g/mol. The van der Waals surface area contributed by atoms with Gasteiger partial charge in [-0.1, -0.05) is 48.5 Å². The molecule has 1 aliphatic rings. The minimum absolute atomic E-state index is 0.180. The van der Waals surface area contributed by atoms with Crippen LogP contribution in [-0.2, 0) is 11.4 Å². The largest absolute Gasteiger partial charge is 0.487 e. The van der Waals surface area contributed by atoms with Crippen LogP contribution in [0.4, 0.5) is 5.69 Å². The molecule has 0 aromatic heterocycles. The van der Waals surface area contributed by atoms with Gasteiger partial charge in [0.15, 0.2) is 0 Å². The lowest BCUT2D eigenvalue weighted by Gasteiger charge is -2.15. The monoisotopic (exact) mass is 428 g/mol. The molecular formula is C26H24N2O4. The number of nitrogens with zero attached hydrogens (tertiary/aromatic N) is 1. The topological polar surface area (TPSA) is 75.7 Å². The van der Waals surface area contributed by atoms with E-state index in [9.17, 15) is 14.4 Å². The standard InChI is InChI=1S/C26H24N2O4/c1-18-13-14-22(23(16-18)32-17-19-8-3-2-4-9-19)27-24(29)12-7-15-28-25(30)20-10-5-6-11-21(20)26(28)31/h2-6,8-11,13-14,16H,7,12,15,17H2,1H3,(H,27,29). The van der Waals surface area contributed by atoms with Crippen LogP contribution < -0.4 is 10.1 Å². The third-order valence-corrected chi connectivity index (χ3v) is 5.31. The molecule has 0 unspecified atom stereocenters. The number of fused-ring (bicyclic) bond motifs is 1. The molecule has 6 nitrogen and oxygen atoms in total. The summed E-state index contributed by atoms with van der Waals surface area (Å²) in [6, 6.07) is 22.2. The van der Waals surface area contributed by atoms with Gasteiger partial charge < -0.3 is 10.1 Å². The second-order valence-corrected chi connectivity index (χ2v) is 7.73. The van der Waals surface area contributed by atoms with Gasteiger partial charge in [0.25, 0.3) is 11.8 Å². The second-order valence-electron chi connectivity index (χ2n) is 7.73. The van der Waals surface area contributed by atoms with Crippen LogP contribution in [0.1, 0.15) is 44.7 Å². The van der Waals surface area contributed by atoms with Crippen LogP contribution in [0.5, 0.6) is 5.75 Å². The zero-order valence-corrected chi connectivity index (χ0v) is 17.8. The lowest BCUT2D eigenvalue weighted by molar-refractivity contribution is -0.116. The summed E-state index contributed by atoms with van der Waals surface area (Å²) < 4.78 is 5.94. The summed E-state index contributed by atoms with van der Waals surface area (Å²) in [6.45, 7) is 2.56.